The number of ether oxygens (including phenoxy) is 1. The van der Waals surface area contributed by atoms with Gasteiger partial charge in [-0.05, 0) is 19.4 Å². The van der Waals surface area contributed by atoms with E-state index >= 15 is 0 Å². The molecule has 1 aromatic rings. The van der Waals surface area contributed by atoms with E-state index in [0.29, 0.717) is 12.5 Å². The Morgan fingerprint density at radius 3 is 3.10 bits per heavy atom. The zero-order valence-corrected chi connectivity index (χ0v) is 12.5. The van der Waals surface area contributed by atoms with E-state index in [0.717, 1.165) is 43.7 Å². The molecule has 1 aromatic heterocycles. The molecule has 1 saturated heterocycles. The molecule has 2 heterocycles. The molecule has 1 fully saturated rings. The summed E-state index contributed by atoms with van der Waals surface area (Å²) in [7, 11) is 3.86. The molecule has 1 unspecified atom stereocenters. The van der Waals surface area contributed by atoms with Crippen LogP contribution >= 0.6 is 0 Å². The van der Waals surface area contributed by atoms with Crippen LogP contribution in [0.25, 0.3) is 0 Å². The highest BCUT2D eigenvalue weighted by atomic mass is 16.5. The second-order valence-electron chi connectivity index (χ2n) is 5.11. The van der Waals surface area contributed by atoms with Gasteiger partial charge in [0.1, 0.15) is 5.82 Å². The number of hydrogen-bond donors (Lipinski definition) is 1. The molecule has 1 aliphatic rings. The zero-order chi connectivity index (χ0) is 14.4. The van der Waals surface area contributed by atoms with Crippen LogP contribution in [-0.4, -0.2) is 54.7 Å². The molecule has 0 bridgehead atoms. The Morgan fingerprint density at radius 2 is 2.45 bits per heavy atom. The van der Waals surface area contributed by atoms with Crippen LogP contribution in [0.4, 0.5) is 0 Å². The lowest BCUT2D eigenvalue weighted by molar-refractivity contribution is 0.181. The third-order valence-electron chi connectivity index (χ3n) is 3.39. The molecule has 6 nitrogen and oxygen atoms in total. The maximum Gasteiger partial charge on any atom is 0.193 e. The minimum atomic E-state index is 0.597. The van der Waals surface area contributed by atoms with Gasteiger partial charge in [0.15, 0.2) is 5.96 Å². The summed E-state index contributed by atoms with van der Waals surface area (Å²) in [6.07, 6.45) is 2.91. The highest BCUT2D eigenvalue weighted by Crippen LogP contribution is 2.13. The van der Waals surface area contributed by atoms with Crippen LogP contribution in [-0.2, 0) is 11.3 Å². The highest BCUT2D eigenvalue weighted by Gasteiger charge is 2.18. The Hall–Kier alpha value is -1.69. The van der Waals surface area contributed by atoms with Crippen LogP contribution < -0.4 is 5.32 Å². The molecule has 0 radical (unpaired) electrons. The molecular formula is C14H23N5O. The number of aromatic nitrogens is 2. The van der Waals surface area contributed by atoms with Gasteiger partial charge < -0.3 is 15.0 Å². The summed E-state index contributed by atoms with van der Waals surface area (Å²) in [5.41, 5.74) is 0.969. The van der Waals surface area contributed by atoms with E-state index in [1.54, 1.807) is 13.2 Å². The molecule has 110 valence electrons. The van der Waals surface area contributed by atoms with Crippen molar-refractivity contribution in [3.8, 4) is 0 Å². The molecule has 1 atom stereocenters. The van der Waals surface area contributed by atoms with Gasteiger partial charge in [-0.2, -0.15) is 0 Å². The lowest BCUT2D eigenvalue weighted by Gasteiger charge is -2.24. The van der Waals surface area contributed by atoms with E-state index < -0.39 is 0 Å². The minimum Gasteiger partial charge on any atom is -0.381 e. The average Bonchev–Trinajstić information content (AvgIpc) is 2.92. The van der Waals surface area contributed by atoms with E-state index in [1.807, 2.05) is 13.0 Å². The first kappa shape index (κ1) is 14.7. The Labute approximate surface area is 120 Å². The van der Waals surface area contributed by atoms with Gasteiger partial charge in [-0.25, -0.2) is 9.97 Å². The van der Waals surface area contributed by atoms with E-state index in [-0.39, 0.29) is 0 Å². The molecular weight excluding hydrogens is 254 g/mol. The third kappa shape index (κ3) is 4.16. The second-order valence-corrected chi connectivity index (χ2v) is 5.11. The van der Waals surface area contributed by atoms with E-state index in [9.17, 15) is 0 Å². The maximum atomic E-state index is 5.41. The molecule has 20 heavy (non-hydrogen) atoms. The SMILES string of the molecule is CN=C(NCc1ccnc(C)n1)N(C)CC1CCOC1. The number of guanidine groups is 1. The number of aliphatic imine (C=N–C) groups is 1. The van der Waals surface area contributed by atoms with Crippen molar-refractivity contribution in [1.82, 2.24) is 20.2 Å². The number of aryl methyl sites for hydroxylation is 1. The van der Waals surface area contributed by atoms with Crippen LogP contribution in [0.5, 0.6) is 0 Å². The fourth-order valence-electron chi connectivity index (χ4n) is 2.36. The van der Waals surface area contributed by atoms with Crippen molar-refractivity contribution in [2.45, 2.75) is 19.9 Å². The first-order chi connectivity index (χ1) is 9.69. The van der Waals surface area contributed by atoms with Gasteiger partial charge in [-0.15, -0.1) is 0 Å². The fraction of sp³-hybridized carbons (Fsp3) is 0.643. The molecule has 0 amide bonds. The van der Waals surface area contributed by atoms with Crippen molar-refractivity contribution in [1.29, 1.82) is 0 Å². The van der Waals surface area contributed by atoms with Gasteiger partial charge in [-0.3, -0.25) is 4.99 Å². The van der Waals surface area contributed by atoms with Crippen LogP contribution in [0.2, 0.25) is 0 Å². The molecule has 1 N–H and O–H groups in total. The Bertz CT molecular complexity index is 457. The van der Waals surface area contributed by atoms with Gasteiger partial charge in [0.05, 0.1) is 18.8 Å². The first-order valence-electron chi connectivity index (χ1n) is 6.97. The summed E-state index contributed by atoms with van der Waals surface area (Å²) in [6.45, 7) is 5.24. The predicted molar refractivity (Wildman–Crippen MR) is 78.5 cm³/mol. The van der Waals surface area contributed by atoms with E-state index in [2.05, 4.69) is 32.2 Å². The Kier molecular flexibility index (Phi) is 5.29. The Balaban J connectivity index is 1.85. The predicted octanol–water partition coefficient (Wildman–Crippen LogP) is 0.829. The normalized spacial score (nSPS) is 19.1. The number of rotatable bonds is 4. The molecule has 2 rings (SSSR count). The molecule has 0 spiro atoms. The standard InChI is InChI=1S/C14H23N5O/c1-11-16-6-4-13(18-11)8-17-14(15-2)19(3)9-12-5-7-20-10-12/h4,6,12H,5,7-10H2,1-3H3,(H,15,17). The summed E-state index contributed by atoms with van der Waals surface area (Å²) in [5.74, 6) is 2.27. The summed E-state index contributed by atoms with van der Waals surface area (Å²) in [4.78, 5) is 14.9. The van der Waals surface area contributed by atoms with Gasteiger partial charge in [0.2, 0.25) is 0 Å². The summed E-state index contributed by atoms with van der Waals surface area (Å²) >= 11 is 0. The van der Waals surface area contributed by atoms with Crippen LogP contribution in [0.15, 0.2) is 17.3 Å². The average molecular weight is 277 g/mol. The van der Waals surface area contributed by atoms with Crippen molar-refractivity contribution in [2.24, 2.45) is 10.9 Å². The first-order valence-corrected chi connectivity index (χ1v) is 6.97. The fourth-order valence-corrected chi connectivity index (χ4v) is 2.36. The van der Waals surface area contributed by atoms with Crippen LogP contribution in [0.3, 0.4) is 0 Å². The smallest absolute Gasteiger partial charge is 0.193 e. The summed E-state index contributed by atoms with van der Waals surface area (Å²) < 4.78 is 5.41. The van der Waals surface area contributed by atoms with Crippen molar-refractivity contribution in [2.75, 3.05) is 33.9 Å². The quantitative estimate of drug-likeness (QED) is 0.652. The lowest BCUT2D eigenvalue weighted by atomic mass is 10.1. The monoisotopic (exact) mass is 277 g/mol. The number of hydrogen-bond acceptors (Lipinski definition) is 4. The molecule has 1 aliphatic heterocycles. The molecule has 6 heteroatoms. The lowest BCUT2D eigenvalue weighted by Crippen LogP contribution is -2.41. The highest BCUT2D eigenvalue weighted by molar-refractivity contribution is 5.79. The molecule has 0 aliphatic carbocycles. The van der Waals surface area contributed by atoms with Crippen LogP contribution in [0.1, 0.15) is 17.9 Å². The molecule has 0 aromatic carbocycles. The van der Waals surface area contributed by atoms with Crippen molar-refractivity contribution in [3.63, 3.8) is 0 Å². The van der Waals surface area contributed by atoms with Crippen molar-refractivity contribution < 1.29 is 4.74 Å². The van der Waals surface area contributed by atoms with Gasteiger partial charge in [0.25, 0.3) is 0 Å². The maximum absolute atomic E-state index is 5.41. The van der Waals surface area contributed by atoms with Crippen LogP contribution in [0, 0.1) is 12.8 Å². The number of nitrogens with zero attached hydrogens (tertiary/aromatic N) is 4. The molecule has 0 saturated carbocycles. The van der Waals surface area contributed by atoms with Crippen molar-refractivity contribution >= 4 is 5.96 Å². The zero-order valence-electron chi connectivity index (χ0n) is 12.5. The second kappa shape index (κ2) is 7.19. The Morgan fingerprint density at radius 1 is 1.60 bits per heavy atom. The van der Waals surface area contributed by atoms with Crippen molar-refractivity contribution in [3.05, 3.63) is 23.8 Å². The van der Waals surface area contributed by atoms with E-state index in [4.69, 9.17) is 4.74 Å². The minimum absolute atomic E-state index is 0.597. The van der Waals surface area contributed by atoms with Gasteiger partial charge in [0, 0.05) is 39.4 Å². The van der Waals surface area contributed by atoms with E-state index in [1.165, 1.54) is 0 Å². The largest absolute Gasteiger partial charge is 0.381 e. The number of nitrogens with one attached hydrogen (secondary N) is 1. The summed E-state index contributed by atoms with van der Waals surface area (Å²) in [5, 5.41) is 3.33. The summed E-state index contributed by atoms with van der Waals surface area (Å²) in [6, 6.07) is 1.91. The van der Waals surface area contributed by atoms with Gasteiger partial charge >= 0.3 is 0 Å². The third-order valence-corrected chi connectivity index (χ3v) is 3.39. The topological polar surface area (TPSA) is 62.6 Å². The van der Waals surface area contributed by atoms with Gasteiger partial charge in [-0.1, -0.05) is 0 Å².